The average Bonchev–Trinajstić information content (AvgIpc) is 3.24. The zero-order valence-electron chi connectivity index (χ0n) is 19.5. The van der Waals surface area contributed by atoms with E-state index >= 15 is 0 Å². The van der Waals surface area contributed by atoms with Gasteiger partial charge >= 0.3 is 5.69 Å². The summed E-state index contributed by atoms with van der Waals surface area (Å²) in [6.07, 6.45) is 6.79. The Bertz CT molecular complexity index is 1100. The number of ether oxygens (including phenoxy) is 1. The van der Waals surface area contributed by atoms with Crippen molar-refractivity contribution in [3.63, 3.8) is 0 Å². The summed E-state index contributed by atoms with van der Waals surface area (Å²) in [6, 6.07) is 17.1. The number of piperazine rings is 1. The summed E-state index contributed by atoms with van der Waals surface area (Å²) in [5.74, 6) is 0.564. The van der Waals surface area contributed by atoms with E-state index in [0.717, 1.165) is 64.3 Å². The van der Waals surface area contributed by atoms with Gasteiger partial charge in [0.2, 0.25) is 0 Å². The quantitative estimate of drug-likeness (QED) is 0.581. The zero-order valence-corrected chi connectivity index (χ0v) is 19.5. The lowest BCUT2D eigenvalue weighted by atomic mass is 9.92. The van der Waals surface area contributed by atoms with E-state index in [2.05, 4.69) is 65.4 Å². The second kappa shape index (κ2) is 9.98. The fraction of sp³-hybridized carbons (Fsp3) is 0.444. The normalized spacial score (nSPS) is 18.0. The molecule has 2 aliphatic rings. The number of aromatic nitrogens is 2. The van der Waals surface area contributed by atoms with Gasteiger partial charge in [0.1, 0.15) is 0 Å². The van der Waals surface area contributed by atoms with Crippen LogP contribution in [0.25, 0.3) is 5.69 Å². The summed E-state index contributed by atoms with van der Waals surface area (Å²) in [5.41, 5.74) is 4.90. The summed E-state index contributed by atoms with van der Waals surface area (Å²) < 4.78 is 9.06. The first-order chi connectivity index (χ1) is 16.2. The molecule has 0 radical (unpaired) electrons. The third kappa shape index (κ3) is 4.92. The molecule has 2 saturated heterocycles. The summed E-state index contributed by atoms with van der Waals surface area (Å²) >= 11 is 0. The van der Waals surface area contributed by atoms with E-state index in [1.165, 1.54) is 16.8 Å². The summed E-state index contributed by atoms with van der Waals surface area (Å²) in [7, 11) is 2.18. The summed E-state index contributed by atoms with van der Waals surface area (Å²) in [4.78, 5) is 17.9. The van der Waals surface area contributed by atoms with Crippen LogP contribution >= 0.6 is 0 Å². The van der Waals surface area contributed by atoms with Gasteiger partial charge in [-0.3, -0.25) is 9.13 Å². The van der Waals surface area contributed by atoms with Crippen LogP contribution in [0.5, 0.6) is 0 Å². The van der Waals surface area contributed by atoms with Crippen molar-refractivity contribution in [1.29, 1.82) is 0 Å². The Balaban J connectivity index is 1.27. The van der Waals surface area contributed by atoms with Gasteiger partial charge in [-0.2, -0.15) is 0 Å². The number of hydrogen-bond donors (Lipinski definition) is 0. The standard InChI is InChI=1S/C27H34N4O2/c1-28-14-16-29(17-15-28)26-5-3-2-4-24(26)10-13-30-18-19-31(27(30)32)25-8-6-22(7-9-25)23-11-20-33-21-12-23/h2-9,18-19,23H,10-17,20-21H2,1H3. The molecule has 0 unspecified atom stereocenters. The van der Waals surface area contributed by atoms with Gasteiger partial charge in [-0.1, -0.05) is 30.3 Å². The second-order valence-electron chi connectivity index (χ2n) is 9.29. The van der Waals surface area contributed by atoms with Crippen LogP contribution in [0.4, 0.5) is 5.69 Å². The molecule has 2 aliphatic heterocycles. The van der Waals surface area contributed by atoms with Gasteiger partial charge in [-0.05, 0) is 61.6 Å². The highest BCUT2D eigenvalue weighted by atomic mass is 16.5. The molecule has 174 valence electrons. The molecule has 0 spiro atoms. The fourth-order valence-corrected chi connectivity index (χ4v) is 5.04. The van der Waals surface area contributed by atoms with Crippen LogP contribution in [-0.2, 0) is 17.7 Å². The average molecular weight is 447 g/mol. The molecule has 6 heteroatoms. The minimum atomic E-state index is 0.0193. The molecule has 2 aromatic carbocycles. The maximum atomic E-state index is 13.1. The molecule has 5 rings (SSSR count). The van der Waals surface area contributed by atoms with Gasteiger partial charge in [0.25, 0.3) is 0 Å². The number of hydrogen-bond acceptors (Lipinski definition) is 4. The molecule has 2 fully saturated rings. The molecule has 3 heterocycles. The number of benzene rings is 2. The Morgan fingerprint density at radius 1 is 0.909 bits per heavy atom. The number of imidazole rings is 1. The number of nitrogens with zero attached hydrogens (tertiary/aromatic N) is 4. The fourth-order valence-electron chi connectivity index (χ4n) is 5.04. The van der Waals surface area contributed by atoms with E-state index in [9.17, 15) is 4.79 Å². The third-order valence-electron chi connectivity index (χ3n) is 7.17. The lowest BCUT2D eigenvalue weighted by Crippen LogP contribution is -2.44. The van der Waals surface area contributed by atoms with Crippen molar-refractivity contribution in [3.8, 4) is 5.69 Å². The highest BCUT2D eigenvalue weighted by Crippen LogP contribution is 2.27. The molecule has 0 saturated carbocycles. The molecular weight excluding hydrogens is 412 g/mol. The van der Waals surface area contributed by atoms with Crippen LogP contribution in [0.1, 0.15) is 29.9 Å². The number of para-hydroxylation sites is 1. The molecule has 0 aliphatic carbocycles. The van der Waals surface area contributed by atoms with E-state index in [4.69, 9.17) is 4.74 Å². The molecule has 0 atom stereocenters. The van der Waals surface area contributed by atoms with Crippen LogP contribution in [0.3, 0.4) is 0 Å². The SMILES string of the molecule is CN1CCN(c2ccccc2CCn2ccn(-c3ccc(C4CCOCC4)cc3)c2=O)CC1. The van der Waals surface area contributed by atoms with Gasteiger partial charge in [-0.15, -0.1) is 0 Å². The molecular formula is C27H34N4O2. The van der Waals surface area contributed by atoms with Crippen molar-refractivity contribution in [3.05, 3.63) is 82.5 Å². The van der Waals surface area contributed by atoms with Gasteiger partial charge in [-0.25, -0.2) is 4.79 Å². The molecule has 3 aromatic rings. The Hall–Kier alpha value is -2.83. The Morgan fingerprint density at radius 3 is 2.39 bits per heavy atom. The lowest BCUT2D eigenvalue weighted by molar-refractivity contribution is 0.0853. The van der Waals surface area contributed by atoms with Crippen LogP contribution in [0, 0.1) is 0 Å². The maximum Gasteiger partial charge on any atom is 0.332 e. The van der Waals surface area contributed by atoms with Gasteiger partial charge < -0.3 is 14.5 Å². The number of anilines is 1. The third-order valence-corrected chi connectivity index (χ3v) is 7.17. The van der Waals surface area contributed by atoms with Gasteiger partial charge in [0.05, 0.1) is 5.69 Å². The minimum Gasteiger partial charge on any atom is -0.381 e. The zero-order chi connectivity index (χ0) is 22.6. The molecule has 0 bridgehead atoms. The van der Waals surface area contributed by atoms with Crippen molar-refractivity contribution in [1.82, 2.24) is 14.0 Å². The molecule has 33 heavy (non-hydrogen) atoms. The van der Waals surface area contributed by atoms with E-state index in [-0.39, 0.29) is 5.69 Å². The first kappa shape index (κ1) is 22.0. The van der Waals surface area contributed by atoms with Crippen LogP contribution in [0.15, 0.2) is 65.7 Å². The monoisotopic (exact) mass is 446 g/mol. The van der Waals surface area contributed by atoms with Crippen LogP contribution in [0.2, 0.25) is 0 Å². The van der Waals surface area contributed by atoms with E-state index in [1.807, 2.05) is 17.0 Å². The van der Waals surface area contributed by atoms with Gasteiger partial charge in [0.15, 0.2) is 0 Å². The van der Waals surface area contributed by atoms with Crippen molar-refractivity contribution in [2.45, 2.75) is 31.7 Å². The summed E-state index contributed by atoms with van der Waals surface area (Å²) in [5, 5.41) is 0. The van der Waals surface area contributed by atoms with E-state index < -0.39 is 0 Å². The first-order valence-electron chi connectivity index (χ1n) is 12.2. The van der Waals surface area contributed by atoms with E-state index in [1.54, 1.807) is 4.57 Å². The van der Waals surface area contributed by atoms with Crippen molar-refractivity contribution in [2.75, 3.05) is 51.3 Å². The van der Waals surface area contributed by atoms with Crippen molar-refractivity contribution < 1.29 is 4.74 Å². The summed E-state index contributed by atoms with van der Waals surface area (Å²) in [6.45, 7) is 6.63. The highest BCUT2D eigenvalue weighted by molar-refractivity contribution is 5.54. The Labute approximate surface area is 196 Å². The minimum absolute atomic E-state index is 0.0193. The smallest absolute Gasteiger partial charge is 0.332 e. The Kier molecular flexibility index (Phi) is 6.65. The van der Waals surface area contributed by atoms with Crippen LogP contribution in [-0.4, -0.2) is 60.5 Å². The van der Waals surface area contributed by atoms with E-state index in [0.29, 0.717) is 12.5 Å². The highest BCUT2D eigenvalue weighted by Gasteiger charge is 2.18. The second-order valence-corrected chi connectivity index (χ2v) is 9.29. The topological polar surface area (TPSA) is 42.6 Å². The molecule has 1 aromatic heterocycles. The predicted octanol–water partition coefficient (Wildman–Crippen LogP) is 3.53. The van der Waals surface area contributed by atoms with Gasteiger partial charge in [0, 0.05) is 64.0 Å². The molecule has 0 amide bonds. The molecule has 0 N–H and O–H groups in total. The molecule has 6 nitrogen and oxygen atoms in total. The first-order valence-corrected chi connectivity index (χ1v) is 12.2. The predicted molar refractivity (Wildman–Crippen MR) is 133 cm³/mol. The van der Waals surface area contributed by atoms with Crippen molar-refractivity contribution >= 4 is 5.69 Å². The van der Waals surface area contributed by atoms with Crippen LogP contribution < -0.4 is 10.6 Å². The lowest BCUT2D eigenvalue weighted by Gasteiger charge is -2.35. The number of aryl methyl sites for hydroxylation is 2. The largest absolute Gasteiger partial charge is 0.381 e. The van der Waals surface area contributed by atoms with Crippen molar-refractivity contribution in [2.24, 2.45) is 0 Å². The number of rotatable bonds is 6. The number of likely N-dealkylation sites (N-methyl/N-ethyl adjacent to an activating group) is 1. The Morgan fingerprint density at radius 2 is 1.64 bits per heavy atom. The maximum absolute atomic E-state index is 13.1.